The van der Waals surface area contributed by atoms with Crippen LogP contribution in [-0.4, -0.2) is 9.97 Å². The Labute approximate surface area is 112 Å². The number of aromatic amines is 1. The molecule has 1 heterocycles. The zero-order valence-corrected chi connectivity index (χ0v) is 11.0. The second-order valence-corrected chi connectivity index (χ2v) is 4.62. The summed E-state index contributed by atoms with van der Waals surface area (Å²) in [6, 6.07) is 14.6. The topological polar surface area (TPSA) is 28.7 Å². The van der Waals surface area contributed by atoms with Crippen LogP contribution in [0.4, 0.5) is 0 Å². The van der Waals surface area contributed by atoms with Gasteiger partial charge in [0.2, 0.25) is 0 Å². The lowest BCUT2D eigenvalue weighted by Crippen LogP contribution is -1.87. The highest BCUT2D eigenvalue weighted by Gasteiger charge is 2.06. The van der Waals surface area contributed by atoms with Crippen molar-refractivity contribution in [3.63, 3.8) is 0 Å². The molecule has 2 heteroatoms. The van der Waals surface area contributed by atoms with Gasteiger partial charge in [-0.05, 0) is 41.8 Å². The van der Waals surface area contributed by atoms with Crippen molar-refractivity contribution in [1.82, 2.24) is 9.97 Å². The van der Waals surface area contributed by atoms with Gasteiger partial charge < -0.3 is 4.98 Å². The average Bonchev–Trinajstić information content (AvgIpc) is 2.90. The Morgan fingerprint density at radius 1 is 1.21 bits per heavy atom. The molecular formula is C17H16N2. The number of hydrogen-bond donors (Lipinski definition) is 1. The minimum Gasteiger partial charge on any atom is -0.338 e. The number of benzene rings is 2. The summed E-state index contributed by atoms with van der Waals surface area (Å²) in [5.74, 6) is 0.916. The number of imidazole rings is 1. The lowest BCUT2D eigenvalue weighted by molar-refractivity contribution is 1.14. The number of nitrogens with one attached hydrogen (secondary N) is 1. The maximum Gasteiger partial charge on any atom is 0.138 e. The third kappa shape index (κ3) is 2.17. The molecule has 0 unspecified atom stereocenters. The van der Waals surface area contributed by atoms with Crippen molar-refractivity contribution in [2.24, 2.45) is 0 Å². The lowest BCUT2D eigenvalue weighted by atomic mass is 10.0. The number of rotatable bonds is 3. The van der Waals surface area contributed by atoms with Gasteiger partial charge in [-0.1, -0.05) is 37.8 Å². The molecule has 0 fully saturated rings. The molecule has 2 aromatic carbocycles. The molecule has 0 spiro atoms. The van der Waals surface area contributed by atoms with Crippen molar-refractivity contribution in [2.45, 2.75) is 13.3 Å². The summed E-state index contributed by atoms with van der Waals surface area (Å²) in [6.45, 7) is 6.01. The first-order chi connectivity index (χ1) is 9.30. The van der Waals surface area contributed by atoms with Gasteiger partial charge in [0.25, 0.3) is 0 Å². The molecule has 19 heavy (non-hydrogen) atoms. The minimum absolute atomic E-state index is 0.916. The van der Waals surface area contributed by atoms with Crippen molar-refractivity contribution in [3.05, 3.63) is 60.2 Å². The van der Waals surface area contributed by atoms with E-state index in [4.69, 9.17) is 0 Å². The first-order valence-electron chi connectivity index (χ1n) is 6.51. The quantitative estimate of drug-likeness (QED) is 0.729. The summed E-state index contributed by atoms with van der Waals surface area (Å²) in [6.07, 6.45) is 2.89. The molecule has 0 radical (unpaired) electrons. The molecule has 1 aromatic heterocycles. The Bertz CT molecular complexity index is 705. The number of H-pyrrole nitrogens is 1. The molecule has 0 bridgehead atoms. The molecular weight excluding hydrogens is 232 g/mol. The number of fused-ring (bicyclic) bond motifs is 1. The van der Waals surface area contributed by atoms with E-state index in [0.717, 1.165) is 34.4 Å². The second kappa shape index (κ2) is 4.73. The van der Waals surface area contributed by atoms with Gasteiger partial charge in [0.15, 0.2) is 0 Å². The molecule has 0 amide bonds. The Morgan fingerprint density at radius 2 is 2.05 bits per heavy atom. The number of hydrogen-bond acceptors (Lipinski definition) is 1. The van der Waals surface area contributed by atoms with Gasteiger partial charge in [-0.3, -0.25) is 0 Å². The van der Waals surface area contributed by atoms with Gasteiger partial charge in [-0.25, -0.2) is 4.98 Å². The van der Waals surface area contributed by atoms with Crippen LogP contribution < -0.4 is 0 Å². The van der Waals surface area contributed by atoms with Crippen LogP contribution in [0.5, 0.6) is 0 Å². The van der Waals surface area contributed by atoms with E-state index in [9.17, 15) is 0 Å². The Kier molecular flexibility index (Phi) is 2.92. The third-order valence-electron chi connectivity index (χ3n) is 3.32. The zero-order chi connectivity index (χ0) is 13.2. The standard InChI is InChI=1S/C17H16N2/c1-3-12-9-13(4-2)11-14(10-12)17-18-15-7-5-6-8-16(15)19-17/h3,5-11H,1,4H2,2H3,(H,18,19). The molecule has 1 N–H and O–H groups in total. The van der Waals surface area contributed by atoms with Crippen LogP contribution in [0.3, 0.4) is 0 Å². The predicted octanol–water partition coefficient (Wildman–Crippen LogP) is 4.44. The Morgan fingerprint density at radius 3 is 2.79 bits per heavy atom. The van der Waals surface area contributed by atoms with Crippen molar-refractivity contribution >= 4 is 17.1 Å². The molecule has 0 aliphatic carbocycles. The van der Waals surface area contributed by atoms with E-state index < -0.39 is 0 Å². The first kappa shape index (κ1) is 11.7. The Balaban J connectivity index is 2.17. The van der Waals surface area contributed by atoms with Crippen molar-refractivity contribution in [2.75, 3.05) is 0 Å². The molecule has 3 rings (SSSR count). The highest BCUT2D eigenvalue weighted by molar-refractivity contribution is 5.79. The molecule has 2 nitrogen and oxygen atoms in total. The molecule has 0 aliphatic heterocycles. The van der Waals surface area contributed by atoms with E-state index in [1.54, 1.807) is 0 Å². The maximum atomic E-state index is 4.64. The summed E-state index contributed by atoms with van der Waals surface area (Å²) >= 11 is 0. The fraction of sp³-hybridized carbons (Fsp3) is 0.118. The number of para-hydroxylation sites is 2. The van der Waals surface area contributed by atoms with Crippen LogP contribution >= 0.6 is 0 Å². The van der Waals surface area contributed by atoms with E-state index in [1.807, 2.05) is 30.3 Å². The van der Waals surface area contributed by atoms with Gasteiger partial charge in [0.05, 0.1) is 11.0 Å². The molecule has 0 aliphatic rings. The van der Waals surface area contributed by atoms with Gasteiger partial charge in [-0.15, -0.1) is 0 Å². The van der Waals surface area contributed by atoms with Gasteiger partial charge >= 0.3 is 0 Å². The number of aromatic nitrogens is 2. The van der Waals surface area contributed by atoms with Gasteiger partial charge in [0, 0.05) is 5.56 Å². The van der Waals surface area contributed by atoms with Crippen LogP contribution in [0.1, 0.15) is 18.1 Å². The van der Waals surface area contributed by atoms with E-state index in [0.29, 0.717) is 0 Å². The SMILES string of the molecule is C=Cc1cc(CC)cc(-c2nc3ccccc3[nH]2)c1. The highest BCUT2D eigenvalue weighted by atomic mass is 14.9. The number of aryl methyl sites for hydroxylation is 1. The zero-order valence-electron chi connectivity index (χ0n) is 11.0. The summed E-state index contributed by atoms with van der Waals surface area (Å²) in [4.78, 5) is 8.01. The normalized spacial score (nSPS) is 10.8. The van der Waals surface area contributed by atoms with E-state index >= 15 is 0 Å². The summed E-state index contributed by atoms with van der Waals surface area (Å²) < 4.78 is 0. The van der Waals surface area contributed by atoms with Gasteiger partial charge in [-0.2, -0.15) is 0 Å². The molecule has 0 saturated carbocycles. The maximum absolute atomic E-state index is 4.64. The van der Waals surface area contributed by atoms with E-state index in [-0.39, 0.29) is 0 Å². The predicted molar refractivity (Wildman–Crippen MR) is 81.0 cm³/mol. The summed E-state index contributed by atoms with van der Waals surface area (Å²) in [5, 5.41) is 0. The molecule has 0 atom stereocenters. The van der Waals surface area contributed by atoms with E-state index in [1.165, 1.54) is 5.56 Å². The smallest absolute Gasteiger partial charge is 0.138 e. The highest BCUT2D eigenvalue weighted by Crippen LogP contribution is 2.23. The van der Waals surface area contributed by atoms with Crippen molar-refractivity contribution < 1.29 is 0 Å². The fourth-order valence-corrected chi connectivity index (χ4v) is 2.27. The summed E-state index contributed by atoms with van der Waals surface area (Å²) in [5.41, 5.74) is 5.62. The largest absolute Gasteiger partial charge is 0.338 e. The average molecular weight is 248 g/mol. The van der Waals surface area contributed by atoms with Crippen molar-refractivity contribution in [3.8, 4) is 11.4 Å². The minimum atomic E-state index is 0.916. The summed E-state index contributed by atoms with van der Waals surface area (Å²) in [7, 11) is 0. The monoisotopic (exact) mass is 248 g/mol. The van der Waals surface area contributed by atoms with Crippen LogP contribution in [0.15, 0.2) is 49.0 Å². The van der Waals surface area contributed by atoms with Crippen LogP contribution in [0, 0.1) is 0 Å². The van der Waals surface area contributed by atoms with Crippen LogP contribution in [0.2, 0.25) is 0 Å². The van der Waals surface area contributed by atoms with Crippen LogP contribution in [-0.2, 0) is 6.42 Å². The first-order valence-corrected chi connectivity index (χ1v) is 6.51. The fourth-order valence-electron chi connectivity index (χ4n) is 2.27. The van der Waals surface area contributed by atoms with Crippen LogP contribution in [0.25, 0.3) is 28.5 Å². The molecule has 0 saturated heterocycles. The molecule has 3 aromatic rings. The number of nitrogens with zero attached hydrogens (tertiary/aromatic N) is 1. The molecule has 94 valence electrons. The van der Waals surface area contributed by atoms with E-state index in [2.05, 4.69) is 41.7 Å². The second-order valence-electron chi connectivity index (χ2n) is 4.62. The lowest BCUT2D eigenvalue weighted by Gasteiger charge is -2.04. The third-order valence-corrected chi connectivity index (χ3v) is 3.32. The Hall–Kier alpha value is -2.35. The van der Waals surface area contributed by atoms with Crippen molar-refractivity contribution in [1.29, 1.82) is 0 Å². The van der Waals surface area contributed by atoms with Gasteiger partial charge in [0.1, 0.15) is 5.82 Å².